The first-order valence-corrected chi connectivity index (χ1v) is 9.31. The quantitative estimate of drug-likeness (QED) is 0.268. The lowest BCUT2D eigenvalue weighted by Crippen LogP contribution is -2.20. The smallest absolute Gasteiger partial charge is 0.339 e. The number of benzene rings is 3. The van der Waals surface area contributed by atoms with E-state index in [1.165, 1.54) is 0 Å². The summed E-state index contributed by atoms with van der Waals surface area (Å²) in [5.41, 5.74) is 1.45. The van der Waals surface area contributed by atoms with E-state index < -0.39 is 12.1 Å². The molecule has 0 aliphatic carbocycles. The van der Waals surface area contributed by atoms with Gasteiger partial charge in [-0.1, -0.05) is 48.0 Å². The highest BCUT2D eigenvalue weighted by molar-refractivity contribution is 14.1. The van der Waals surface area contributed by atoms with Gasteiger partial charge < -0.3 is 4.74 Å². The van der Waals surface area contributed by atoms with Crippen LogP contribution >= 0.6 is 34.2 Å². The number of carbonyl (C=O) groups is 2. The molecule has 1 atom stereocenters. The van der Waals surface area contributed by atoms with Gasteiger partial charge >= 0.3 is 5.97 Å². The summed E-state index contributed by atoms with van der Waals surface area (Å²) >= 11 is 8.02. The lowest BCUT2D eigenvalue weighted by Gasteiger charge is -2.17. The second kappa shape index (κ2) is 8.47. The summed E-state index contributed by atoms with van der Waals surface area (Å²) in [4.78, 5) is 25.5. The van der Waals surface area contributed by atoms with Crippen LogP contribution in [0.3, 0.4) is 0 Å². The third-order valence-corrected chi connectivity index (χ3v) is 4.68. The molecule has 0 amide bonds. The van der Waals surface area contributed by atoms with E-state index in [9.17, 15) is 9.59 Å². The minimum absolute atomic E-state index is 0.299. The Labute approximate surface area is 170 Å². The van der Waals surface area contributed by atoms with Crippen molar-refractivity contribution in [2.45, 2.75) is 6.10 Å². The first kappa shape index (κ1) is 18.6. The van der Waals surface area contributed by atoms with Gasteiger partial charge in [-0.25, -0.2) is 4.79 Å². The first-order valence-electron chi connectivity index (χ1n) is 7.86. The van der Waals surface area contributed by atoms with Crippen molar-refractivity contribution in [3.8, 4) is 0 Å². The summed E-state index contributed by atoms with van der Waals surface area (Å²) in [6, 6.07) is 22.5. The maximum atomic E-state index is 13.0. The van der Waals surface area contributed by atoms with E-state index in [1.54, 1.807) is 66.7 Å². The predicted molar refractivity (Wildman–Crippen MR) is 110 cm³/mol. The van der Waals surface area contributed by atoms with E-state index in [1.807, 2.05) is 12.1 Å². The molecule has 5 heteroatoms. The molecule has 26 heavy (non-hydrogen) atoms. The number of halogens is 2. The molecule has 0 saturated carbocycles. The number of carbonyl (C=O) groups excluding carboxylic acids is 2. The van der Waals surface area contributed by atoms with E-state index >= 15 is 0 Å². The minimum Gasteiger partial charge on any atom is -0.445 e. The third-order valence-electron chi connectivity index (χ3n) is 3.75. The molecular formula is C21H14ClIO3. The molecule has 3 nitrogen and oxygen atoms in total. The van der Waals surface area contributed by atoms with Crippen molar-refractivity contribution >= 4 is 45.9 Å². The number of esters is 1. The number of Topliss-reactive ketones (excluding diaryl/α,β-unsaturated/α-hetero) is 1. The normalized spacial score (nSPS) is 11.6. The molecule has 0 aromatic heterocycles. The van der Waals surface area contributed by atoms with Crippen LogP contribution in [0.25, 0.3) is 0 Å². The fourth-order valence-electron chi connectivity index (χ4n) is 2.46. The van der Waals surface area contributed by atoms with Gasteiger partial charge in [0.15, 0.2) is 6.10 Å². The monoisotopic (exact) mass is 476 g/mol. The second-order valence-corrected chi connectivity index (χ2v) is 7.26. The summed E-state index contributed by atoms with van der Waals surface area (Å²) in [5, 5.41) is 0.536. The zero-order chi connectivity index (χ0) is 18.5. The Bertz CT molecular complexity index is 924. The molecule has 0 radical (unpaired) electrons. The van der Waals surface area contributed by atoms with Crippen molar-refractivity contribution < 1.29 is 14.3 Å². The van der Waals surface area contributed by atoms with Gasteiger partial charge in [0.2, 0.25) is 5.78 Å². The van der Waals surface area contributed by atoms with Gasteiger partial charge in [-0.3, -0.25) is 4.79 Å². The average Bonchev–Trinajstić information content (AvgIpc) is 2.66. The van der Waals surface area contributed by atoms with Crippen molar-refractivity contribution in [2.75, 3.05) is 0 Å². The van der Waals surface area contributed by atoms with E-state index in [-0.39, 0.29) is 5.78 Å². The fraction of sp³-hybridized carbons (Fsp3) is 0.0476. The zero-order valence-electron chi connectivity index (χ0n) is 13.6. The van der Waals surface area contributed by atoms with Crippen LogP contribution in [-0.4, -0.2) is 11.8 Å². The van der Waals surface area contributed by atoms with E-state index in [0.717, 1.165) is 3.57 Å². The highest BCUT2D eigenvalue weighted by atomic mass is 127. The Kier molecular flexibility index (Phi) is 6.06. The summed E-state index contributed by atoms with van der Waals surface area (Å²) in [7, 11) is 0. The van der Waals surface area contributed by atoms with Gasteiger partial charge in [-0.05, 0) is 65.1 Å². The van der Waals surface area contributed by atoms with E-state index in [2.05, 4.69) is 22.6 Å². The van der Waals surface area contributed by atoms with Crippen LogP contribution in [0, 0.1) is 3.57 Å². The number of hydrogen-bond acceptors (Lipinski definition) is 3. The van der Waals surface area contributed by atoms with Gasteiger partial charge in [0.05, 0.1) is 5.56 Å². The molecule has 0 N–H and O–H groups in total. The molecular weight excluding hydrogens is 463 g/mol. The molecule has 0 unspecified atom stereocenters. The summed E-state index contributed by atoms with van der Waals surface area (Å²) < 4.78 is 6.51. The molecule has 3 aromatic carbocycles. The largest absolute Gasteiger partial charge is 0.445 e. The van der Waals surface area contributed by atoms with Crippen LogP contribution in [0.15, 0.2) is 78.9 Å². The summed E-state index contributed by atoms with van der Waals surface area (Å²) in [5.74, 6) is -0.841. The zero-order valence-corrected chi connectivity index (χ0v) is 16.5. The van der Waals surface area contributed by atoms with Crippen LogP contribution in [-0.2, 0) is 4.74 Å². The summed E-state index contributed by atoms with van der Waals surface area (Å²) in [6.07, 6.45) is -1.03. The topological polar surface area (TPSA) is 43.4 Å². The molecule has 3 aromatic rings. The maximum absolute atomic E-state index is 13.0. The van der Waals surface area contributed by atoms with Crippen LogP contribution in [0.2, 0.25) is 5.02 Å². The number of ether oxygens (including phenoxy) is 1. The molecule has 0 saturated heterocycles. The highest BCUT2D eigenvalue weighted by Crippen LogP contribution is 2.25. The van der Waals surface area contributed by atoms with E-state index in [0.29, 0.717) is 21.7 Å². The highest BCUT2D eigenvalue weighted by Gasteiger charge is 2.26. The van der Waals surface area contributed by atoms with Crippen molar-refractivity contribution in [1.29, 1.82) is 0 Å². The summed E-state index contributed by atoms with van der Waals surface area (Å²) in [6.45, 7) is 0. The van der Waals surface area contributed by atoms with Crippen LogP contribution in [0.4, 0.5) is 0 Å². The molecule has 0 fully saturated rings. The standard InChI is InChI=1S/C21H14ClIO3/c22-17-11-9-14(10-12-17)19(24)20(15-5-2-1-3-6-15)26-21(25)16-7-4-8-18(23)13-16/h1-13,20H/t20-/m0/s1. The Hall–Kier alpha value is -2.18. The average molecular weight is 477 g/mol. The predicted octanol–water partition coefficient (Wildman–Crippen LogP) is 5.73. The number of rotatable bonds is 5. The van der Waals surface area contributed by atoms with Crippen molar-refractivity contribution in [3.05, 3.63) is 104 Å². The molecule has 0 aliphatic heterocycles. The molecule has 0 bridgehead atoms. The van der Waals surface area contributed by atoms with Crippen LogP contribution < -0.4 is 0 Å². The number of hydrogen-bond donors (Lipinski definition) is 0. The Morgan fingerprint density at radius 1 is 0.846 bits per heavy atom. The van der Waals surface area contributed by atoms with Crippen LogP contribution in [0.1, 0.15) is 32.4 Å². The van der Waals surface area contributed by atoms with Gasteiger partial charge in [-0.2, -0.15) is 0 Å². The fourth-order valence-corrected chi connectivity index (χ4v) is 3.13. The second-order valence-electron chi connectivity index (χ2n) is 5.58. The molecule has 0 heterocycles. The Balaban J connectivity index is 1.92. The van der Waals surface area contributed by atoms with Gasteiger partial charge in [0.1, 0.15) is 0 Å². The SMILES string of the molecule is O=C(O[C@H](C(=O)c1ccc(Cl)cc1)c1ccccc1)c1cccc(I)c1. The molecule has 130 valence electrons. The van der Waals surface area contributed by atoms with Crippen molar-refractivity contribution in [1.82, 2.24) is 0 Å². The lowest BCUT2D eigenvalue weighted by molar-refractivity contribution is 0.0280. The molecule has 0 spiro atoms. The molecule has 3 rings (SSSR count). The lowest BCUT2D eigenvalue weighted by atomic mass is 9.99. The third kappa shape index (κ3) is 4.51. The minimum atomic E-state index is -1.03. The van der Waals surface area contributed by atoms with Gasteiger partial charge in [-0.15, -0.1) is 0 Å². The van der Waals surface area contributed by atoms with E-state index in [4.69, 9.17) is 16.3 Å². The maximum Gasteiger partial charge on any atom is 0.339 e. The Morgan fingerprint density at radius 3 is 2.19 bits per heavy atom. The van der Waals surface area contributed by atoms with Gasteiger partial charge in [0.25, 0.3) is 0 Å². The molecule has 0 aliphatic rings. The Morgan fingerprint density at radius 2 is 1.54 bits per heavy atom. The van der Waals surface area contributed by atoms with Crippen LogP contribution in [0.5, 0.6) is 0 Å². The number of ketones is 1. The first-order chi connectivity index (χ1) is 12.5. The van der Waals surface area contributed by atoms with Gasteiger partial charge in [0, 0.05) is 19.7 Å². The van der Waals surface area contributed by atoms with Crippen molar-refractivity contribution in [2.24, 2.45) is 0 Å². The van der Waals surface area contributed by atoms with Crippen molar-refractivity contribution in [3.63, 3.8) is 0 Å².